The molecule has 5 nitrogen and oxygen atoms in total. The van der Waals surface area contributed by atoms with Crippen molar-refractivity contribution in [2.75, 3.05) is 13.2 Å². The third kappa shape index (κ3) is 7.38. The minimum absolute atomic E-state index is 0.0578. The third-order valence-corrected chi connectivity index (χ3v) is 3.15. The number of guanidine groups is 1. The number of hydrogen-bond donors (Lipinski definition) is 2. The van der Waals surface area contributed by atoms with E-state index in [4.69, 9.17) is 10.5 Å². The molecule has 10 heteroatoms. The van der Waals surface area contributed by atoms with Gasteiger partial charge in [-0.1, -0.05) is 12.1 Å². The van der Waals surface area contributed by atoms with Gasteiger partial charge < -0.3 is 20.5 Å². The normalized spacial score (nSPS) is 12.0. The van der Waals surface area contributed by atoms with E-state index < -0.39 is 18.0 Å². The lowest BCUT2D eigenvalue weighted by Crippen LogP contribution is -2.34. The number of alkyl halides is 3. The van der Waals surface area contributed by atoms with Crippen LogP contribution in [0, 0.1) is 11.6 Å². The van der Waals surface area contributed by atoms with Gasteiger partial charge in [0.25, 0.3) is 0 Å². The molecule has 0 unspecified atom stereocenters. The van der Waals surface area contributed by atoms with Crippen LogP contribution in [0.3, 0.4) is 0 Å². The monoisotopic (exact) mass is 389 g/mol. The Bertz CT molecular complexity index is 779. The molecule has 146 valence electrons. The van der Waals surface area contributed by atoms with E-state index in [9.17, 15) is 22.0 Å². The lowest BCUT2D eigenvalue weighted by molar-refractivity contribution is -0.274. The highest BCUT2D eigenvalue weighted by Gasteiger charge is 2.30. The van der Waals surface area contributed by atoms with E-state index in [0.717, 1.165) is 6.07 Å². The molecule has 0 amide bonds. The first-order valence-electron chi connectivity index (χ1n) is 7.69. The molecule has 0 fully saturated rings. The van der Waals surface area contributed by atoms with Crippen LogP contribution in [0.2, 0.25) is 0 Å². The average Bonchev–Trinajstić information content (AvgIpc) is 2.58. The number of hydrogen-bond acceptors (Lipinski definition) is 3. The van der Waals surface area contributed by atoms with Crippen molar-refractivity contribution >= 4 is 5.96 Å². The number of nitrogens with two attached hydrogens (primary N) is 1. The van der Waals surface area contributed by atoms with Gasteiger partial charge in [0.05, 0.1) is 13.1 Å². The molecule has 0 radical (unpaired) electrons. The summed E-state index contributed by atoms with van der Waals surface area (Å²) in [6, 6.07) is 8.17. The molecular weight excluding hydrogens is 373 g/mol. The highest BCUT2D eigenvalue weighted by molar-refractivity contribution is 5.77. The number of ether oxygens (including phenoxy) is 2. The van der Waals surface area contributed by atoms with Gasteiger partial charge in [0, 0.05) is 6.07 Å². The SMILES string of the molecule is NC(=NCc1ccc(OC(F)(F)F)cc1)NCCOc1ccc(F)cc1F. The maximum absolute atomic E-state index is 13.4. The topological polar surface area (TPSA) is 68.9 Å². The van der Waals surface area contributed by atoms with Crippen LogP contribution in [0.4, 0.5) is 22.0 Å². The fourth-order valence-corrected chi connectivity index (χ4v) is 1.96. The van der Waals surface area contributed by atoms with Gasteiger partial charge in [-0.25, -0.2) is 13.8 Å². The van der Waals surface area contributed by atoms with E-state index in [-0.39, 0.29) is 37.2 Å². The highest BCUT2D eigenvalue weighted by atomic mass is 19.4. The van der Waals surface area contributed by atoms with Gasteiger partial charge in [-0.2, -0.15) is 0 Å². The van der Waals surface area contributed by atoms with Crippen molar-refractivity contribution in [3.05, 3.63) is 59.7 Å². The number of halogens is 5. The van der Waals surface area contributed by atoms with Crippen molar-refractivity contribution in [3.63, 3.8) is 0 Å². The summed E-state index contributed by atoms with van der Waals surface area (Å²) in [5.74, 6) is -1.85. The summed E-state index contributed by atoms with van der Waals surface area (Å²) in [7, 11) is 0. The molecule has 3 N–H and O–H groups in total. The van der Waals surface area contributed by atoms with Crippen molar-refractivity contribution in [1.29, 1.82) is 0 Å². The molecule has 0 saturated carbocycles. The first-order chi connectivity index (χ1) is 12.7. The minimum Gasteiger partial charge on any atom is -0.489 e. The number of nitrogens with one attached hydrogen (secondary N) is 1. The second-order valence-electron chi connectivity index (χ2n) is 5.24. The number of aliphatic imine (C=N–C) groups is 1. The van der Waals surface area contributed by atoms with E-state index >= 15 is 0 Å². The average molecular weight is 389 g/mol. The van der Waals surface area contributed by atoms with Gasteiger partial charge in [-0.05, 0) is 29.8 Å². The molecule has 2 rings (SSSR count). The molecule has 2 aromatic rings. The van der Waals surface area contributed by atoms with Crippen LogP contribution >= 0.6 is 0 Å². The van der Waals surface area contributed by atoms with E-state index in [1.54, 1.807) is 0 Å². The van der Waals surface area contributed by atoms with Crippen molar-refractivity contribution in [1.82, 2.24) is 5.32 Å². The molecule has 0 bridgehead atoms. The van der Waals surface area contributed by atoms with E-state index in [2.05, 4.69) is 15.0 Å². The van der Waals surface area contributed by atoms with E-state index in [1.165, 1.54) is 30.3 Å². The molecule has 0 heterocycles. The Labute approximate surface area is 151 Å². The van der Waals surface area contributed by atoms with Crippen LogP contribution in [-0.4, -0.2) is 25.5 Å². The molecule has 0 aliphatic heterocycles. The summed E-state index contributed by atoms with van der Waals surface area (Å²) in [5.41, 5.74) is 6.27. The summed E-state index contributed by atoms with van der Waals surface area (Å²) in [5, 5.41) is 2.73. The Balaban J connectivity index is 1.74. The number of nitrogens with zero attached hydrogens (tertiary/aromatic N) is 1. The zero-order valence-electron chi connectivity index (χ0n) is 13.9. The smallest absolute Gasteiger partial charge is 0.489 e. The Kier molecular flexibility index (Phi) is 6.80. The molecule has 2 aromatic carbocycles. The van der Waals surface area contributed by atoms with Gasteiger partial charge >= 0.3 is 6.36 Å². The third-order valence-electron chi connectivity index (χ3n) is 3.15. The Morgan fingerprint density at radius 2 is 1.78 bits per heavy atom. The van der Waals surface area contributed by atoms with Crippen molar-refractivity contribution < 1.29 is 31.4 Å². The number of benzene rings is 2. The van der Waals surface area contributed by atoms with Gasteiger partial charge in [-0.15, -0.1) is 13.2 Å². The maximum Gasteiger partial charge on any atom is 0.573 e. The lowest BCUT2D eigenvalue weighted by Gasteiger charge is -2.09. The van der Waals surface area contributed by atoms with Crippen LogP contribution in [0.1, 0.15) is 5.56 Å². The quantitative estimate of drug-likeness (QED) is 0.330. The summed E-state index contributed by atoms with van der Waals surface area (Å²) in [4.78, 5) is 4.01. The van der Waals surface area contributed by atoms with Gasteiger partial charge in [0.15, 0.2) is 17.5 Å². The Morgan fingerprint density at radius 1 is 1.07 bits per heavy atom. The molecule has 0 aromatic heterocycles. The highest BCUT2D eigenvalue weighted by Crippen LogP contribution is 2.22. The summed E-state index contributed by atoms with van der Waals surface area (Å²) in [6.45, 7) is 0.408. The van der Waals surface area contributed by atoms with Crippen molar-refractivity contribution in [2.45, 2.75) is 12.9 Å². The first-order valence-corrected chi connectivity index (χ1v) is 7.69. The van der Waals surface area contributed by atoms with Gasteiger partial charge in [-0.3, -0.25) is 0 Å². The Morgan fingerprint density at radius 3 is 2.41 bits per heavy atom. The minimum atomic E-state index is -4.74. The number of rotatable bonds is 7. The summed E-state index contributed by atoms with van der Waals surface area (Å²) >= 11 is 0. The maximum atomic E-state index is 13.4. The Hall–Kier alpha value is -3.04. The first kappa shape index (κ1) is 20.3. The largest absolute Gasteiger partial charge is 0.573 e. The zero-order valence-corrected chi connectivity index (χ0v) is 13.9. The van der Waals surface area contributed by atoms with Crippen LogP contribution in [0.25, 0.3) is 0 Å². The van der Waals surface area contributed by atoms with Crippen LogP contribution in [0.5, 0.6) is 11.5 Å². The molecule has 0 aliphatic rings. The lowest BCUT2D eigenvalue weighted by atomic mass is 10.2. The van der Waals surface area contributed by atoms with E-state index in [1.807, 2.05) is 0 Å². The fraction of sp³-hybridized carbons (Fsp3) is 0.235. The molecule has 0 aliphatic carbocycles. The van der Waals surface area contributed by atoms with Crippen LogP contribution in [0.15, 0.2) is 47.5 Å². The second kappa shape index (κ2) is 9.06. The fourth-order valence-electron chi connectivity index (χ4n) is 1.96. The molecule has 0 spiro atoms. The molecule has 27 heavy (non-hydrogen) atoms. The van der Waals surface area contributed by atoms with Crippen molar-refractivity contribution in [2.24, 2.45) is 10.7 Å². The predicted octanol–water partition coefficient (Wildman–Crippen LogP) is 3.35. The molecule has 0 atom stereocenters. The van der Waals surface area contributed by atoms with E-state index in [0.29, 0.717) is 11.6 Å². The second-order valence-corrected chi connectivity index (χ2v) is 5.24. The summed E-state index contributed by atoms with van der Waals surface area (Å²) in [6.07, 6.45) is -4.74. The summed E-state index contributed by atoms with van der Waals surface area (Å²) < 4.78 is 71.3. The molecular formula is C17H16F5N3O2. The van der Waals surface area contributed by atoms with Crippen LogP contribution < -0.4 is 20.5 Å². The van der Waals surface area contributed by atoms with Crippen LogP contribution in [-0.2, 0) is 6.54 Å². The van der Waals surface area contributed by atoms with Crippen molar-refractivity contribution in [3.8, 4) is 11.5 Å². The standard InChI is InChI=1S/C17H16F5N3O2/c18-12-3-6-15(14(19)9-12)26-8-7-24-16(23)25-10-11-1-4-13(5-2-11)27-17(20,21)22/h1-6,9H,7-8,10H2,(H3,23,24,25). The zero-order chi connectivity index (χ0) is 19.9. The van der Waals surface area contributed by atoms with Gasteiger partial charge in [0.2, 0.25) is 0 Å². The molecule has 0 saturated heterocycles. The predicted molar refractivity (Wildman–Crippen MR) is 88.3 cm³/mol. The van der Waals surface area contributed by atoms with Gasteiger partial charge in [0.1, 0.15) is 18.2 Å².